The highest BCUT2D eigenvalue weighted by Gasteiger charge is 2.06. The van der Waals surface area contributed by atoms with Crippen molar-refractivity contribution in [2.45, 2.75) is 47.2 Å². The Morgan fingerprint density at radius 2 is 1.80 bits per heavy atom. The number of hydrogen-bond donors (Lipinski definition) is 1. The van der Waals surface area contributed by atoms with Gasteiger partial charge in [-0.25, -0.2) is 0 Å². The first kappa shape index (κ1) is 12.3. The normalized spacial score (nSPS) is 13.2. The molecule has 0 spiro atoms. The molecule has 15 heavy (non-hydrogen) atoms. The standard InChI is InChI=1S/C14H23N/c1-10(2)13(5)15-9-14-8-11(3)6-7-12(14)4/h6-8,10,13,15H,9H2,1-5H3/t13-/m0/s1. The molecule has 1 aromatic carbocycles. The van der Waals surface area contributed by atoms with Crippen LogP contribution in [-0.2, 0) is 6.54 Å². The maximum Gasteiger partial charge on any atom is 0.0210 e. The summed E-state index contributed by atoms with van der Waals surface area (Å²) < 4.78 is 0. The van der Waals surface area contributed by atoms with Crippen LogP contribution in [0, 0.1) is 19.8 Å². The lowest BCUT2D eigenvalue weighted by Gasteiger charge is -2.18. The molecule has 0 aliphatic rings. The smallest absolute Gasteiger partial charge is 0.0210 e. The topological polar surface area (TPSA) is 12.0 Å². The van der Waals surface area contributed by atoms with Crippen LogP contribution in [0.2, 0.25) is 0 Å². The van der Waals surface area contributed by atoms with Gasteiger partial charge in [0.15, 0.2) is 0 Å². The number of nitrogens with one attached hydrogen (secondary N) is 1. The highest BCUT2D eigenvalue weighted by atomic mass is 14.9. The first-order valence-corrected chi connectivity index (χ1v) is 5.80. The third-order valence-corrected chi connectivity index (χ3v) is 3.12. The van der Waals surface area contributed by atoms with Gasteiger partial charge in [-0.05, 0) is 37.8 Å². The molecule has 0 aromatic heterocycles. The lowest BCUT2D eigenvalue weighted by Crippen LogP contribution is -2.30. The molecular formula is C14H23N. The molecule has 0 aliphatic heterocycles. The summed E-state index contributed by atoms with van der Waals surface area (Å²) >= 11 is 0. The van der Waals surface area contributed by atoms with Gasteiger partial charge in [0.25, 0.3) is 0 Å². The van der Waals surface area contributed by atoms with Crippen LogP contribution < -0.4 is 5.32 Å². The minimum atomic E-state index is 0.574. The molecule has 1 atom stereocenters. The first-order chi connectivity index (χ1) is 7.00. The molecule has 0 heterocycles. The Bertz CT molecular complexity index is 315. The minimum absolute atomic E-state index is 0.574. The van der Waals surface area contributed by atoms with Gasteiger partial charge < -0.3 is 5.32 Å². The van der Waals surface area contributed by atoms with E-state index in [1.54, 1.807) is 0 Å². The van der Waals surface area contributed by atoms with Crippen molar-refractivity contribution in [3.8, 4) is 0 Å². The Kier molecular flexibility index (Phi) is 4.34. The van der Waals surface area contributed by atoms with Crippen molar-refractivity contribution in [3.05, 3.63) is 34.9 Å². The van der Waals surface area contributed by atoms with Gasteiger partial charge in [0.1, 0.15) is 0 Å². The fraction of sp³-hybridized carbons (Fsp3) is 0.571. The zero-order valence-electron chi connectivity index (χ0n) is 10.6. The van der Waals surface area contributed by atoms with Crippen molar-refractivity contribution >= 4 is 0 Å². The fourth-order valence-corrected chi connectivity index (χ4v) is 1.50. The van der Waals surface area contributed by atoms with E-state index in [9.17, 15) is 0 Å². The van der Waals surface area contributed by atoms with E-state index < -0.39 is 0 Å². The Morgan fingerprint density at radius 3 is 2.40 bits per heavy atom. The third kappa shape index (κ3) is 3.67. The van der Waals surface area contributed by atoms with Crippen molar-refractivity contribution in [1.29, 1.82) is 0 Å². The molecule has 0 amide bonds. The first-order valence-electron chi connectivity index (χ1n) is 5.80. The van der Waals surface area contributed by atoms with Crippen LogP contribution in [-0.4, -0.2) is 6.04 Å². The van der Waals surface area contributed by atoms with Gasteiger partial charge in [0.2, 0.25) is 0 Å². The van der Waals surface area contributed by atoms with Crippen molar-refractivity contribution in [1.82, 2.24) is 5.32 Å². The maximum absolute atomic E-state index is 3.57. The second-order valence-corrected chi connectivity index (χ2v) is 4.84. The molecular weight excluding hydrogens is 182 g/mol. The predicted molar refractivity (Wildman–Crippen MR) is 67.1 cm³/mol. The molecule has 1 aromatic rings. The maximum atomic E-state index is 3.57. The molecule has 0 saturated heterocycles. The van der Waals surface area contributed by atoms with Crippen LogP contribution in [0.4, 0.5) is 0 Å². The van der Waals surface area contributed by atoms with Crippen molar-refractivity contribution in [2.24, 2.45) is 5.92 Å². The van der Waals surface area contributed by atoms with E-state index in [1.165, 1.54) is 16.7 Å². The van der Waals surface area contributed by atoms with Gasteiger partial charge in [-0.2, -0.15) is 0 Å². The zero-order chi connectivity index (χ0) is 11.4. The van der Waals surface area contributed by atoms with E-state index >= 15 is 0 Å². The van der Waals surface area contributed by atoms with Gasteiger partial charge in [0, 0.05) is 12.6 Å². The summed E-state index contributed by atoms with van der Waals surface area (Å²) in [5.74, 6) is 0.690. The summed E-state index contributed by atoms with van der Waals surface area (Å²) in [4.78, 5) is 0. The molecule has 1 N–H and O–H groups in total. The summed E-state index contributed by atoms with van der Waals surface area (Å²) in [5.41, 5.74) is 4.14. The summed E-state index contributed by atoms with van der Waals surface area (Å²) in [6.45, 7) is 12.1. The molecule has 1 nitrogen and oxygen atoms in total. The minimum Gasteiger partial charge on any atom is -0.310 e. The van der Waals surface area contributed by atoms with Crippen molar-refractivity contribution in [2.75, 3.05) is 0 Å². The van der Waals surface area contributed by atoms with Crippen LogP contribution >= 0.6 is 0 Å². The molecule has 84 valence electrons. The van der Waals surface area contributed by atoms with Gasteiger partial charge in [-0.15, -0.1) is 0 Å². The Balaban J connectivity index is 2.61. The molecule has 0 radical (unpaired) electrons. The second-order valence-electron chi connectivity index (χ2n) is 4.84. The van der Waals surface area contributed by atoms with Crippen molar-refractivity contribution < 1.29 is 0 Å². The van der Waals surface area contributed by atoms with E-state index in [0.717, 1.165) is 6.54 Å². The highest BCUT2D eigenvalue weighted by Crippen LogP contribution is 2.11. The molecule has 0 aliphatic carbocycles. The highest BCUT2D eigenvalue weighted by molar-refractivity contribution is 5.30. The van der Waals surface area contributed by atoms with E-state index in [0.29, 0.717) is 12.0 Å². The fourth-order valence-electron chi connectivity index (χ4n) is 1.50. The SMILES string of the molecule is Cc1ccc(C)c(CN[C@@H](C)C(C)C)c1. The van der Waals surface area contributed by atoms with E-state index in [-0.39, 0.29) is 0 Å². The largest absolute Gasteiger partial charge is 0.310 e. The van der Waals surface area contributed by atoms with Gasteiger partial charge in [-0.1, -0.05) is 37.6 Å². The van der Waals surface area contributed by atoms with Gasteiger partial charge >= 0.3 is 0 Å². The molecule has 0 saturated carbocycles. The summed E-state index contributed by atoms with van der Waals surface area (Å²) in [6.07, 6.45) is 0. The van der Waals surface area contributed by atoms with Gasteiger partial charge in [-0.3, -0.25) is 0 Å². The number of aryl methyl sites for hydroxylation is 2. The predicted octanol–water partition coefficient (Wildman–Crippen LogP) is 3.44. The number of rotatable bonds is 4. The molecule has 1 heteroatoms. The lowest BCUT2D eigenvalue weighted by molar-refractivity contribution is 0.426. The Labute approximate surface area is 93.9 Å². The number of benzene rings is 1. The Morgan fingerprint density at radius 1 is 1.13 bits per heavy atom. The van der Waals surface area contributed by atoms with E-state index in [4.69, 9.17) is 0 Å². The molecule has 0 fully saturated rings. The number of hydrogen-bond acceptors (Lipinski definition) is 1. The van der Waals surface area contributed by atoms with Crippen LogP contribution in [0.15, 0.2) is 18.2 Å². The van der Waals surface area contributed by atoms with Crippen LogP contribution in [0.3, 0.4) is 0 Å². The van der Waals surface area contributed by atoms with E-state index in [1.807, 2.05) is 0 Å². The average Bonchev–Trinajstić information content (AvgIpc) is 2.18. The Hall–Kier alpha value is -0.820. The molecule has 0 unspecified atom stereocenters. The van der Waals surface area contributed by atoms with Crippen LogP contribution in [0.25, 0.3) is 0 Å². The summed E-state index contributed by atoms with van der Waals surface area (Å²) in [6, 6.07) is 7.22. The van der Waals surface area contributed by atoms with Gasteiger partial charge in [0.05, 0.1) is 0 Å². The summed E-state index contributed by atoms with van der Waals surface area (Å²) in [5, 5.41) is 3.57. The third-order valence-electron chi connectivity index (χ3n) is 3.12. The second kappa shape index (κ2) is 5.32. The quantitative estimate of drug-likeness (QED) is 0.794. The monoisotopic (exact) mass is 205 g/mol. The van der Waals surface area contributed by atoms with Crippen LogP contribution in [0.5, 0.6) is 0 Å². The van der Waals surface area contributed by atoms with Crippen molar-refractivity contribution in [3.63, 3.8) is 0 Å². The van der Waals surface area contributed by atoms with E-state index in [2.05, 4.69) is 58.1 Å². The average molecular weight is 205 g/mol. The molecule has 1 rings (SSSR count). The molecule has 0 bridgehead atoms. The lowest BCUT2D eigenvalue weighted by atomic mass is 10.0. The van der Waals surface area contributed by atoms with Crippen LogP contribution in [0.1, 0.15) is 37.5 Å². The zero-order valence-corrected chi connectivity index (χ0v) is 10.6. The summed E-state index contributed by atoms with van der Waals surface area (Å²) in [7, 11) is 0.